The van der Waals surface area contributed by atoms with Crippen LogP contribution >= 0.6 is 11.6 Å². The van der Waals surface area contributed by atoms with E-state index < -0.39 is 0 Å². The molecule has 0 saturated carbocycles. The summed E-state index contributed by atoms with van der Waals surface area (Å²) in [4.78, 5) is 4.43. The Bertz CT molecular complexity index is 476. The number of nitrogens with two attached hydrogens (primary N) is 1. The van der Waals surface area contributed by atoms with Crippen LogP contribution in [0.4, 0.5) is 0 Å². The van der Waals surface area contributed by atoms with Gasteiger partial charge >= 0.3 is 0 Å². The van der Waals surface area contributed by atoms with E-state index in [-0.39, 0.29) is 0 Å². The van der Waals surface area contributed by atoms with Gasteiger partial charge < -0.3 is 5.73 Å². The summed E-state index contributed by atoms with van der Waals surface area (Å²) in [6.45, 7) is 2.70. The third-order valence-electron chi connectivity index (χ3n) is 2.46. The summed E-state index contributed by atoms with van der Waals surface area (Å²) in [5.74, 6) is 0. The summed E-state index contributed by atoms with van der Waals surface area (Å²) in [5.41, 5.74) is 8.55. The molecule has 80 valence electrons. The summed E-state index contributed by atoms with van der Waals surface area (Å²) < 4.78 is 1.92. The molecule has 2 aromatic rings. The zero-order valence-electron chi connectivity index (χ0n) is 8.70. The van der Waals surface area contributed by atoms with Crippen LogP contribution in [0.3, 0.4) is 0 Å². The van der Waals surface area contributed by atoms with Crippen molar-refractivity contribution in [3.63, 3.8) is 0 Å². The number of pyridine rings is 1. The Labute approximate surface area is 93.9 Å². The molecule has 2 N–H and O–H groups in total. The van der Waals surface area contributed by atoms with Crippen molar-refractivity contribution in [3.05, 3.63) is 34.7 Å². The Balaban J connectivity index is 2.54. The first-order valence-electron chi connectivity index (χ1n) is 5.11. The minimum absolute atomic E-state index is 0.651. The van der Waals surface area contributed by atoms with Crippen LogP contribution < -0.4 is 5.73 Å². The molecular weight excluding hydrogens is 210 g/mol. The molecule has 0 aliphatic rings. The molecule has 0 bridgehead atoms. The van der Waals surface area contributed by atoms with E-state index >= 15 is 0 Å². The van der Waals surface area contributed by atoms with Crippen LogP contribution in [-0.4, -0.2) is 15.9 Å². The molecular formula is C11H14ClN3. The van der Waals surface area contributed by atoms with Crippen molar-refractivity contribution in [2.24, 2.45) is 5.73 Å². The number of fused-ring (bicyclic) bond motifs is 1. The molecule has 0 atom stereocenters. The highest BCUT2D eigenvalue weighted by Gasteiger charge is 2.08. The summed E-state index contributed by atoms with van der Waals surface area (Å²) >= 11 is 6.20. The van der Waals surface area contributed by atoms with Crippen LogP contribution in [0.15, 0.2) is 18.3 Å². The lowest BCUT2D eigenvalue weighted by Gasteiger charge is -2.00. The van der Waals surface area contributed by atoms with Gasteiger partial charge in [0.2, 0.25) is 0 Å². The van der Waals surface area contributed by atoms with Crippen LogP contribution in [-0.2, 0) is 12.8 Å². The molecule has 0 fully saturated rings. The number of nitrogens with zero attached hydrogens (tertiary/aromatic N) is 2. The van der Waals surface area contributed by atoms with Crippen molar-refractivity contribution in [2.75, 3.05) is 6.54 Å². The molecule has 0 aliphatic heterocycles. The maximum absolute atomic E-state index is 6.20. The largest absolute Gasteiger partial charge is 0.330 e. The van der Waals surface area contributed by atoms with Crippen molar-refractivity contribution in [1.29, 1.82) is 0 Å². The van der Waals surface area contributed by atoms with Crippen molar-refractivity contribution >= 4 is 17.2 Å². The van der Waals surface area contributed by atoms with Crippen molar-refractivity contribution in [1.82, 2.24) is 9.38 Å². The molecule has 0 spiro atoms. The lowest BCUT2D eigenvalue weighted by atomic mass is 10.2. The fourth-order valence-electron chi connectivity index (χ4n) is 1.65. The van der Waals surface area contributed by atoms with Crippen molar-refractivity contribution in [2.45, 2.75) is 19.8 Å². The van der Waals surface area contributed by atoms with Crippen molar-refractivity contribution < 1.29 is 0 Å². The third kappa shape index (κ3) is 1.85. The highest BCUT2D eigenvalue weighted by Crippen LogP contribution is 2.19. The summed E-state index contributed by atoms with van der Waals surface area (Å²) in [6, 6.07) is 4.03. The van der Waals surface area contributed by atoms with Gasteiger partial charge in [-0.3, -0.25) is 4.40 Å². The van der Waals surface area contributed by atoms with Crippen LogP contribution in [0.2, 0.25) is 5.15 Å². The minimum Gasteiger partial charge on any atom is -0.330 e. The van der Waals surface area contributed by atoms with Gasteiger partial charge in [-0.15, -0.1) is 0 Å². The van der Waals surface area contributed by atoms with Crippen LogP contribution in [0.5, 0.6) is 0 Å². The van der Waals surface area contributed by atoms with E-state index in [4.69, 9.17) is 17.3 Å². The Morgan fingerprint density at radius 2 is 2.27 bits per heavy atom. The number of halogens is 1. The highest BCUT2D eigenvalue weighted by atomic mass is 35.5. The molecule has 0 amide bonds. The van der Waals surface area contributed by atoms with Gasteiger partial charge in [-0.25, -0.2) is 4.98 Å². The maximum Gasteiger partial charge on any atom is 0.138 e. The number of rotatable bonds is 3. The number of imidazole rings is 1. The quantitative estimate of drug-likeness (QED) is 0.866. The van der Waals surface area contributed by atoms with Crippen LogP contribution in [0.1, 0.15) is 18.2 Å². The van der Waals surface area contributed by atoms with E-state index in [0.717, 1.165) is 24.2 Å². The predicted molar refractivity (Wildman–Crippen MR) is 62.3 cm³/mol. The molecule has 0 saturated heterocycles. The Morgan fingerprint density at radius 1 is 1.47 bits per heavy atom. The normalized spacial score (nSPS) is 11.1. The second-order valence-electron chi connectivity index (χ2n) is 3.51. The first-order valence-corrected chi connectivity index (χ1v) is 5.49. The molecule has 3 nitrogen and oxygen atoms in total. The van der Waals surface area contributed by atoms with Gasteiger partial charge in [0, 0.05) is 6.20 Å². The average Bonchev–Trinajstić information content (AvgIpc) is 2.56. The van der Waals surface area contributed by atoms with E-state index in [1.807, 2.05) is 22.7 Å². The molecule has 0 aromatic carbocycles. The first kappa shape index (κ1) is 10.5. The SMILES string of the molecule is CCc1nc2ccc(CCN)cn2c1Cl. The summed E-state index contributed by atoms with van der Waals surface area (Å²) in [7, 11) is 0. The van der Waals surface area contributed by atoms with Crippen LogP contribution in [0, 0.1) is 0 Å². The molecule has 0 radical (unpaired) electrons. The first-order chi connectivity index (χ1) is 7.26. The zero-order valence-corrected chi connectivity index (χ0v) is 9.46. The van der Waals surface area contributed by atoms with Gasteiger partial charge in [0.25, 0.3) is 0 Å². The van der Waals surface area contributed by atoms with E-state index in [2.05, 4.69) is 11.9 Å². The van der Waals surface area contributed by atoms with E-state index in [9.17, 15) is 0 Å². The van der Waals surface area contributed by atoms with Gasteiger partial charge in [0.15, 0.2) is 0 Å². The topological polar surface area (TPSA) is 43.3 Å². The standard InChI is InChI=1S/C11H14ClN3/c1-2-9-11(12)15-7-8(5-6-13)3-4-10(15)14-9/h3-4,7H,2,5-6,13H2,1H3. The zero-order chi connectivity index (χ0) is 10.8. The smallest absolute Gasteiger partial charge is 0.138 e. The van der Waals surface area contributed by atoms with Crippen molar-refractivity contribution in [3.8, 4) is 0 Å². The fraction of sp³-hybridized carbons (Fsp3) is 0.364. The van der Waals surface area contributed by atoms with Gasteiger partial charge in [0.1, 0.15) is 10.8 Å². The average molecular weight is 224 g/mol. The Morgan fingerprint density at radius 3 is 2.93 bits per heavy atom. The highest BCUT2D eigenvalue weighted by molar-refractivity contribution is 6.30. The maximum atomic E-state index is 6.20. The second-order valence-corrected chi connectivity index (χ2v) is 3.87. The molecule has 0 unspecified atom stereocenters. The monoisotopic (exact) mass is 223 g/mol. The Hall–Kier alpha value is -1.06. The molecule has 2 heterocycles. The summed E-state index contributed by atoms with van der Waals surface area (Å²) in [6.07, 6.45) is 3.73. The van der Waals surface area contributed by atoms with Gasteiger partial charge in [-0.05, 0) is 31.0 Å². The number of hydrogen-bond acceptors (Lipinski definition) is 2. The van der Waals surface area contributed by atoms with Gasteiger partial charge in [-0.1, -0.05) is 24.6 Å². The minimum atomic E-state index is 0.651. The molecule has 4 heteroatoms. The van der Waals surface area contributed by atoms with Crippen LogP contribution in [0.25, 0.3) is 5.65 Å². The lowest BCUT2D eigenvalue weighted by Crippen LogP contribution is -2.03. The number of hydrogen-bond donors (Lipinski definition) is 1. The predicted octanol–water partition coefficient (Wildman–Crippen LogP) is 2.05. The number of aryl methyl sites for hydroxylation is 1. The molecule has 15 heavy (non-hydrogen) atoms. The van der Waals surface area contributed by atoms with E-state index in [1.54, 1.807) is 0 Å². The van der Waals surface area contributed by atoms with Gasteiger partial charge in [0.05, 0.1) is 5.69 Å². The molecule has 2 rings (SSSR count). The molecule has 0 aliphatic carbocycles. The van der Waals surface area contributed by atoms with Gasteiger partial charge in [-0.2, -0.15) is 0 Å². The third-order valence-corrected chi connectivity index (χ3v) is 2.86. The summed E-state index contributed by atoms with van der Waals surface area (Å²) in [5, 5.41) is 0.714. The number of aromatic nitrogens is 2. The van der Waals surface area contributed by atoms with E-state index in [0.29, 0.717) is 11.7 Å². The fourth-order valence-corrected chi connectivity index (χ4v) is 1.96. The molecule has 2 aromatic heterocycles. The second kappa shape index (κ2) is 4.21. The lowest BCUT2D eigenvalue weighted by molar-refractivity contribution is 0.951. The van der Waals surface area contributed by atoms with E-state index in [1.165, 1.54) is 5.56 Å². The Kier molecular flexibility index (Phi) is 2.93.